The Bertz CT molecular complexity index is 367. The second kappa shape index (κ2) is 4.01. The van der Waals surface area contributed by atoms with E-state index in [2.05, 4.69) is 51.8 Å². The van der Waals surface area contributed by atoms with Gasteiger partial charge in [-0.3, -0.25) is 0 Å². The molecule has 0 fully saturated rings. The molecule has 0 bridgehead atoms. The predicted octanol–water partition coefficient (Wildman–Crippen LogP) is 3.69. The van der Waals surface area contributed by atoms with Gasteiger partial charge in [0.2, 0.25) is 0 Å². The van der Waals surface area contributed by atoms with Gasteiger partial charge in [-0.15, -0.1) is 0 Å². The first-order valence-electron chi connectivity index (χ1n) is 5.84. The third-order valence-corrected chi connectivity index (χ3v) is 4.05. The van der Waals surface area contributed by atoms with Crippen LogP contribution in [0.4, 0.5) is 0 Å². The van der Waals surface area contributed by atoms with Gasteiger partial charge in [-0.25, -0.2) is 0 Å². The summed E-state index contributed by atoms with van der Waals surface area (Å²) in [5.74, 6) is 0. The van der Waals surface area contributed by atoms with Gasteiger partial charge in [0.25, 0.3) is 0 Å². The van der Waals surface area contributed by atoms with Crippen LogP contribution in [0.25, 0.3) is 0 Å². The maximum atomic E-state index is 10.4. The van der Waals surface area contributed by atoms with Crippen LogP contribution in [0.2, 0.25) is 19.6 Å². The first-order valence-corrected chi connectivity index (χ1v) is 9.42. The average molecular weight is 236 g/mol. The van der Waals surface area contributed by atoms with Gasteiger partial charge < -0.3 is 5.11 Å². The molecule has 0 aromatic rings. The van der Waals surface area contributed by atoms with Crippen LogP contribution >= 0.6 is 0 Å². The summed E-state index contributed by atoms with van der Waals surface area (Å²) in [6.07, 6.45) is 1.78. The topological polar surface area (TPSA) is 20.2 Å². The van der Waals surface area contributed by atoms with Crippen molar-refractivity contribution >= 4 is 8.07 Å². The summed E-state index contributed by atoms with van der Waals surface area (Å²) in [4.78, 5) is 0. The summed E-state index contributed by atoms with van der Waals surface area (Å²) < 4.78 is 0. The van der Waals surface area contributed by atoms with Crippen LogP contribution in [0.15, 0.2) is 35.1 Å². The molecule has 90 valence electrons. The summed E-state index contributed by atoms with van der Waals surface area (Å²) in [5, 5.41) is 10.4. The standard InChI is InChI=1S/C14H24OSi/c1-10(2)11-8-14(3,4)13(15)12(11)9-16(5,6)7/h8-9,13,15H,1H2,2-7H3/b12-9-. The Morgan fingerprint density at radius 3 is 2.31 bits per heavy atom. The highest BCUT2D eigenvalue weighted by Crippen LogP contribution is 2.42. The Labute approximate surface area is 101 Å². The largest absolute Gasteiger partial charge is 0.388 e. The summed E-state index contributed by atoms with van der Waals surface area (Å²) in [6.45, 7) is 17.0. The van der Waals surface area contributed by atoms with Gasteiger partial charge in [-0.05, 0) is 18.1 Å². The van der Waals surface area contributed by atoms with Crippen molar-refractivity contribution in [1.82, 2.24) is 0 Å². The maximum absolute atomic E-state index is 10.4. The molecule has 0 aromatic heterocycles. The van der Waals surface area contributed by atoms with Crippen LogP contribution in [0.5, 0.6) is 0 Å². The first kappa shape index (κ1) is 13.5. The zero-order valence-corrected chi connectivity index (χ0v) is 12.4. The van der Waals surface area contributed by atoms with Crippen molar-refractivity contribution in [2.45, 2.75) is 46.5 Å². The molecule has 1 unspecified atom stereocenters. The molecule has 0 spiro atoms. The molecule has 1 aliphatic rings. The number of aliphatic hydroxyl groups is 1. The van der Waals surface area contributed by atoms with E-state index in [0.717, 1.165) is 16.7 Å². The molecule has 0 saturated heterocycles. The van der Waals surface area contributed by atoms with Gasteiger partial charge in [-0.2, -0.15) is 0 Å². The normalized spacial score (nSPS) is 27.1. The highest BCUT2D eigenvalue weighted by atomic mass is 28.3. The zero-order valence-electron chi connectivity index (χ0n) is 11.4. The summed E-state index contributed by atoms with van der Waals surface area (Å²) in [6, 6.07) is 0. The Morgan fingerprint density at radius 2 is 1.94 bits per heavy atom. The number of rotatable bonds is 2. The third-order valence-electron chi connectivity index (χ3n) is 2.87. The van der Waals surface area contributed by atoms with E-state index in [9.17, 15) is 5.11 Å². The van der Waals surface area contributed by atoms with Crippen molar-refractivity contribution in [3.8, 4) is 0 Å². The van der Waals surface area contributed by atoms with E-state index >= 15 is 0 Å². The zero-order chi connectivity index (χ0) is 12.7. The van der Waals surface area contributed by atoms with Gasteiger partial charge in [0.15, 0.2) is 0 Å². The molecule has 2 heteroatoms. The van der Waals surface area contributed by atoms with E-state index in [1.807, 2.05) is 6.92 Å². The minimum atomic E-state index is -1.32. The van der Waals surface area contributed by atoms with Crippen molar-refractivity contribution in [2.24, 2.45) is 5.41 Å². The van der Waals surface area contributed by atoms with Crippen LogP contribution in [0, 0.1) is 5.41 Å². The smallest absolute Gasteiger partial charge is 0.0874 e. The van der Waals surface area contributed by atoms with Crippen molar-refractivity contribution < 1.29 is 5.11 Å². The molecule has 1 aliphatic carbocycles. The molecule has 1 rings (SSSR count). The summed E-state index contributed by atoms with van der Waals surface area (Å²) >= 11 is 0. The molecule has 1 nitrogen and oxygen atoms in total. The molecular weight excluding hydrogens is 212 g/mol. The molecule has 1 N–H and O–H groups in total. The second-order valence-electron chi connectivity index (χ2n) is 6.53. The summed E-state index contributed by atoms with van der Waals surface area (Å²) in [5.41, 5.74) is 5.43. The van der Waals surface area contributed by atoms with E-state index < -0.39 is 8.07 Å². The van der Waals surface area contributed by atoms with Crippen LogP contribution in [0.3, 0.4) is 0 Å². The van der Waals surface area contributed by atoms with Gasteiger partial charge in [-0.1, -0.05) is 57.4 Å². The number of allylic oxidation sites excluding steroid dienone is 1. The fraction of sp³-hybridized carbons (Fsp3) is 0.571. The lowest BCUT2D eigenvalue weighted by molar-refractivity contribution is 0.127. The van der Waals surface area contributed by atoms with Gasteiger partial charge in [0.1, 0.15) is 0 Å². The Hall–Kier alpha value is -0.603. The first-order chi connectivity index (χ1) is 7.04. The minimum Gasteiger partial charge on any atom is -0.388 e. The van der Waals surface area contributed by atoms with Crippen molar-refractivity contribution in [3.63, 3.8) is 0 Å². The molecule has 0 amide bonds. The van der Waals surface area contributed by atoms with Crippen molar-refractivity contribution in [2.75, 3.05) is 0 Å². The monoisotopic (exact) mass is 236 g/mol. The maximum Gasteiger partial charge on any atom is 0.0874 e. The van der Waals surface area contributed by atoms with E-state index in [4.69, 9.17) is 0 Å². The molecule has 0 radical (unpaired) electrons. The summed E-state index contributed by atoms with van der Waals surface area (Å²) in [7, 11) is -1.32. The molecule has 0 aliphatic heterocycles. The number of hydrogen-bond donors (Lipinski definition) is 1. The minimum absolute atomic E-state index is 0.167. The fourth-order valence-electron chi connectivity index (χ4n) is 2.08. The molecule has 0 saturated carbocycles. The lowest BCUT2D eigenvalue weighted by Gasteiger charge is -2.23. The Morgan fingerprint density at radius 1 is 1.44 bits per heavy atom. The van der Waals surface area contributed by atoms with Crippen LogP contribution in [-0.4, -0.2) is 19.3 Å². The Kier molecular flexibility index (Phi) is 3.37. The van der Waals surface area contributed by atoms with Crippen molar-refractivity contribution in [3.05, 3.63) is 35.1 Å². The van der Waals surface area contributed by atoms with Crippen LogP contribution < -0.4 is 0 Å². The Balaban J connectivity index is 3.25. The molecule has 0 aromatic carbocycles. The van der Waals surface area contributed by atoms with E-state index in [1.165, 1.54) is 0 Å². The predicted molar refractivity (Wildman–Crippen MR) is 74.1 cm³/mol. The van der Waals surface area contributed by atoms with E-state index in [1.54, 1.807) is 0 Å². The lowest BCUT2D eigenvalue weighted by atomic mass is 9.89. The van der Waals surface area contributed by atoms with Crippen LogP contribution in [-0.2, 0) is 0 Å². The van der Waals surface area contributed by atoms with E-state index in [0.29, 0.717) is 0 Å². The van der Waals surface area contributed by atoms with E-state index in [-0.39, 0.29) is 11.5 Å². The average Bonchev–Trinajstić information content (AvgIpc) is 2.26. The number of hydrogen-bond acceptors (Lipinski definition) is 1. The van der Waals surface area contributed by atoms with Gasteiger partial charge in [0, 0.05) is 5.41 Å². The molecule has 1 atom stereocenters. The highest BCUT2D eigenvalue weighted by Gasteiger charge is 2.37. The molecular formula is C14H24OSi. The second-order valence-corrected chi connectivity index (χ2v) is 11.5. The number of aliphatic hydroxyl groups excluding tert-OH is 1. The lowest BCUT2D eigenvalue weighted by Crippen LogP contribution is -2.27. The SMILES string of the molecule is C=C(C)C1=CC(C)(C)C(O)/C1=C\[Si](C)(C)C. The van der Waals surface area contributed by atoms with Gasteiger partial charge >= 0.3 is 0 Å². The van der Waals surface area contributed by atoms with Crippen LogP contribution in [0.1, 0.15) is 20.8 Å². The quantitative estimate of drug-likeness (QED) is 0.725. The van der Waals surface area contributed by atoms with Crippen molar-refractivity contribution in [1.29, 1.82) is 0 Å². The fourth-order valence-corrected chi connectivity index (χ4v) is 3.32. The molecule has 0 heterocycles. The third kappa shape index (κ3) is 2.74. The van der Waals surface area contributed by atoms with Gasteiger partial charge in [0.05, 0.1) is 14.2 Å². The molecule has 16 heavy (non-hydrogen) atoms. The highest BCUT2D eigenvalue weighted by molar-refractivity contribution is 6.81.